The summed E-state index contributed by atoms with van der Waals surface area (Å²) in [4.78, 5) is 29.8. The lowest BCUT2D eigenvalue weighted by atomic mass is 10.1. The molecule has 2 aromatic rings. The normalized spacial score (nSPS) is 14.2. The smallest absolute Gasteiger partial charge is 0.322 e. The summed E-state index contributed by atoms with van der Waals surface area (Å²) in [5.41, 5.74) is 0.735. The van der Waals surface area contributed by atoms with Gasteiger partial charge in [-0.05, 0) is 31.2 Å². The number of anilines is 1. The number of nitrogens with one attached hydrogen (secondary N) is 2. The number of pyridine rings is 1. The second-order valence-electron chi connectivity index (χ2n) is 6.05. The largest absolute Gasteiger partial charge is 0.495 e. The maximum absolute atomic E-state index is 14.0. The molecule has 1 aromatic carbocycles. The molecule has 1 aliphatic heterocycles. The van der Waals surface area contributed by atoms with Crippen molar-refractivity contribution in [2.24, 2.45) is 0 Å². The predicted octanol–water partition coefficient (Wildman–Crippen LogP) is 2.59. The van der Waals surface area contributed by atoms with Crippen LogP contribution in [0, 0.1) is 11.6 Å². The van der Waals surface area contributed by atoms with Crippen LogP contribution < -0.4 is 15.4 Å². The van der Waals surface area contributed by atoms with Gasteiger partial charge in [0.15, 0.2) is 11.6 Å². The summed E-state index contributed by atoms with van der Waals surface area (Å²) in [6.45, 7) is 1.20. The zero-order valence-electron chi connectivity index (χ0n) is 14.8. The lowest BCUT2D eigenvalue weighted by Crippen LogP contribution is -2.45. The Morgan fingerprint density at radius 3 is 2.93 bits per heavy atom. The second kappa shape index (κ2) is 7.56. The van der Waals surface area contributed by atoms with E-state index in [1.165, 1.54) is 13.2 Å². The minimum absolute atomic E-state index is 0.00171. The van der Waals surface area contributed by atoms with Crippen LogP contribution >= 0.6 is 0 Å². The first kappa shape index (κ1) is 18.6. The van der Waals surface area contributed by atoms with Crippen molar-refractivity contribution in [2.45, 2.75) is 19.5 Å². The van der Waals surface area contributed by atoms with E-state index in [1.54, 1.807) is 25.3 Å². The number of rotatable bonds is 5. The Morgan fingerprint density at radius 2 is 2.19 bits per heavy atom. The van der Waals surface area contributed by atoms with Gasteiger partial charge < -0.3 is 20.3 Å². The van der Waals surface area contributed by atoms with E-state index < -0.39 is 29.6 Å². The highest BCUT2D eigenvalue weighted by molar-refractivity contribution is 5.94. The van der Waals surface area contributed by atoms with E-state index in [2.05, 4.69) is 15.6 Å². The molecular formula is C18H18F2N4O3. The van der Waals surface area contributed by atoms with Crippen molar-refractivity contribution in [2.75, 3.05) is 19.0 Å². The number of carbonyl (C=O) groups excluding carboxylic acids is 2. The van der Waals surface area contributed by atoms with Gasteiger partial charge in [-0.3, -0.25) is 9.78 Å². The Balaban J connectivity index is 1.69. The standard InChI is InChI=1S/C18H18F2N4O3/c1-10(17-14(27-2)4-3-7-21-17)22-15(25)9-24-8-11-13(23-18(24)26)6-5-12(19)16(11)20/h3-7,10H,8-9H2,1-2H3,(H,22,25)(H,23,26)/t10-/m0/s1. The lowest BCUT2D eigenvalue weighted by Gasteiger charge is -2.29. The number of benzene rings is 1. The van der Waals surface area contributed by atoms with Gasteiger partial charge in [-0.2, -0.15) is 0 Å². The topological polar surface area (TPSA) is 83.6 Å². The third-order valence-corrected chi connectivity index (χ3v) is 4.22. The summed E-state index contributed by atoms with van der Waals surface area (Å²) < 4.78 is 32.6. The molecule has 7 nitrogen and oxygen atoms in total. The number of aromatic nitrogens is 1. The van der Waals surface area contributed by atoms with Gasteiger partial charge in [-0.1, -0.05) is 0 Å². The molecular weight excluding hydrogens is 358 g/mol. The van der Waals surface area contributed by atoms with Crippen molar-refractivity contribution in [3.05, 3.63) is 53.4 Å². The van der Waals surface area contributed by atoms with Crippen LogP contribution in [0.25, 0.3) is 0 Å². The summed E-state index contributed by atoms with van der Waals surface area (Å²) in [6.07, 6.45) is 1.58. The van der Waals surface area contributed by atoms with Crippen LogP contribution in [-0.4, -0.2) is 35.5 Å². The maximum atomic E-state index is 14.0. The van der Waals surface area contributed by atoms with Gasteiger partial charge in [0.2, 0.25) is 5.91 Å². The summed E-state index contributed by atoms with van der Waals surface area (Å²) in [5.74, 6) is -1.99. The zero-order chi connectivity index (χ0) is 19.6. The quantitative estimate of drug-likeness (QED) is 0.840. The molecule has 0 fully saturated rings. The number of carbonyl (C=O) groups is 2. The Labute approximate surface area is 154 Å². The molecule has 0 unspecified atom stereocenters. The number of amides is 3. The number of urea groups is 1. The van der Waals surface area contributed by atoms with E-state index in [4.69, 9.17) is 4.74 Å². The van der Waals surface area contributed by atoms with Crippen molar-refractivity contribution in [1.29, 1.82) is 0 Å². The molecule has 0 spiro atoms. The molecule has 1 atom stereocenters. The predicted molar refractivity (Wildman–Crippen MR) is 93.1 cm³/mol. The molecule has 3 rings (SSSR count). The number of halogens is 2. The second-order valence-corrected chi connectivity index (χ2v) is 6.05. The fourth-order valence-electron chi connectivity index (χ4n) is 2.88. The van der Waals surface area contributed by atoms with E-state index in [0.717, 1.165) is 11.0 Å². The van der Waals surface area contributed by atoms with Gasteiger partial charge in [-0.15, -0.1) is 0 Å². The molecule has 142 valence electrons. The van der Waals surface area contributed by atoms with Crippen LogP contribution in [0.5, 0.6) is 5.75 Å². The molecule has 0 aliphatic carbocycles. The molecule has 0 saturated carbocycles. The van der Waals surface area contributed by atoms with Crippen molar-refractivity contribution in [3.8, 4) is 5.75 Å². The minimum atomic E-state index is -1.04. The number of hydrogen-bond donors (Lipinski definition) is 2. The first-order valence-corrected chi connectivity index (χ1v) is 8.21. The number of methoxy groups -OCH3 is 1. The highest BCUT2D eigenvalue weighted by atomic mass is 19.2. The Kier molecular flexibility index (Phi) is 5.20. The van der Waals surface area contributed by atoms with Crippen LogP contribution in [-0.2, 0) is 11.3 Å². The average molecular weight is 376 g/mol. The minimum Gasteiger partial charge on any atom is -0.495 e. The summed E-state index contributed by atoms with van der Waals surface area (Å²) in [7, 11) is 1.50. The van der Waals surface area contributed by atoms with Gasteiger partial charge in [0.25, 0.3) is 0 Å². The van der Waals surface area contributed by atoms with Crippen LogP contribution in [0.1, 0.15) is 24.2 Å². The highest BCUT2D eigenvalue weighted by Crippen LogP contribution is 2.27. The van der Waals surface area contributed by atoms with Crippen molar-refractivity contribution in [1.82, 2.24) is 15.2 Å². The van der Waals surface area contributed by atoms with Crippen LogP contribution in [0.3, 0.4) is 0 Å². The van der Waals surface area contributed by atoms with Gasteiger partial charge in [0.1, 0.15) is 18.0 Å². The fourth-order valence-corrected chi connectivity index (χ4v) is 2.88. The molecule has 0 saturated heterocycles. The van der Waals surface area contributed by atoms with Crippen LogP contribution in [0.15, 0.2) is 30.5 Å². The zero-order valence-corrected chi connectivity index (χ0v) is 14.8. The highest BCUT2D eigenvalue weighted by Gasteiger charge is 2.28. The summed E-state index contributed by atoms with van der Waals surface area (Å²) in [5, 5.41) is 5.17. The van der Waals surface area contributed by atoms with Crippen molar-refractivity contribution < 1.29 is 23.1 Å². The molecule has 0 bridgehead atoms. The van der Waals surface area contributed by atoms with E-state index >= 15 is 0 Å². The van der Waals surface area contributed by atoms with Crippen LogP contribution in [0.2, 0.25) is 0 Å². The summed E-state index contributed by atoms with van der Waals surface area (Å²) >= 11 is 0. The average Bonchev–Trinajstić information content (AvgIpc) is 2.66. The first-order chi connectivity index (χ1) is 12.9. The Hall–Kier alpha value is -3.23. The van der Waals surface area contributed by atoms with E-state index in [-0.39, 0.29) is 24.3 Å². The number of ether oxygens (including phenoxy) is 1. The molecule has 27 heavy (non-hydrogen) atoms. The third-order valence-electron chi connectivity index (χ3n) is 4.22. The molecule has 2 heterocycles. The van der Waals surface area contributed by atoms with Crippen molar-refractivity contribution in [3.63, 3.8) is 0 Å². The number of nitrogens with zero attached hydrogens (tertiary/aromatic N) is 2. The lowest BCUT2D eigenvalue weighted by molar-refractivity contribution is -0.122. The van der Waals surface area contributed by atoms with E-state index in [0.29, 0.717) is 11.4 Å². The van der Waals surface area contributed by atoms with E-state index in [1.807, 2.05) is 0 Å². The third kappa shape index (κ3) is 3.81. The van der Waals surface area contributed by atoms with Gasteiger partial charge in [-0.25, -0.2) is 13.6 Å². The maximum Gasteiger partial charge on any atom is 0.322 e. The van der Waals surface area contributed by atoms with E-state index in [9.17, 15) is 18.4 Å². The van der Waals surface area contributed by atoms with Crippen LogP contribution in [0.4, 0.5) is 19.3 Å². The molecule has 0 radical (unpaired) electrons. The molecule has 9 heteroatoms. The Bertz CT molecular complexity index is 891. The Morgan fingerprint density at radius 1 is 1.41 bits per heavy atom. The first-order valence-electron chi connectivity index (χ1n) is 8.21. The summed E-state index contributed by atoms with van der Waals surface area (Å²) in [6, 6.07) is 4.63. The fraction of sp³-hybridized carbons (Fsp3) is 0.278. The van der Waals surface area contributed by atoms with Gasteiger partial charge in [0.05, 0.1) is 25.4 Å². The molecule has 3 amide bonds. The number of hydrogen-bond acceptors (Lipinski definition) is 4. The SMILES string of the molecule is COc1cccnc1[C@H](C)NC(=O)CN1Cc2c(ccc(F)c2F)NC1=O. The van der Waals surface area contributed by atoms with Gasteiger partial charge >= 0.3 is 6.03 Å². The number of fused-ring (bicyclic) bond motifs is 1. The monoisotopic (exact) mass is 376 g/mol. The van der Waals surface area contributed by atoms with Gasteiger partial charge in [0, 0.05) is 11.8 Å². The molecule has 1 aromatic heterocycles. The van der Waals surface area contributed by atoms with Crippen molar-refractivity contribution >= 4 is 17.6 Å². The molecule has 2 N–H and O–H groups in total. The molecule has 1 aliphatic rings.